The fraction of sp³-hybridized carbons (Fsp3) is 1.00. The lowest BCUT2D eigenvalue weighted by atomic mass is 9.55. The van der Waals surface area contributed by atoms with E-state index in [0.717, 1.165) is 32.1 Å². The fourth-order valence-electron chi connectivity index (χ4n) is 4.34. The van der Waals surface area contributed by atoms with E-state index in [0.29, 0.717) is 23.7 Å². The molecule has 0 amide bonds. The van der Waals surface area contributed by atoms with E-state index in [2.05, 4.69) is 13.8 Å². The first-order valence-electron chi connectivity index (χ1n) is 7.18. The van der Waals surface area contributed by atoms with Gasteiger partial charge in [-0.3, -0.25) is 0 Å². The first-order valence-corrected chi connectivity index (χ1v) is 7.18. The van der Waals surface area contributed by atoms with Crippen LogP contribution >= 0.6 is 0 Å². The third kappa shape index (κ3) is 2.53. The van der Waals surface area contributed by atoms with Gasteiger partial charge in [0.05, 0.1) is 11.2 Å². The highest BCUT2D eigenvalue weighted by Gasteiger charge is 2.50. The van der Waals surface area contributed by atoms with E-state index in [9.17, 15) is 10.2 Å². The second kappa shape index (κ2) is 4.24. The van der Waals surface area contributed by atoms with Gasteiger partial charge in [-0.05, 0) is 69.6 Å². The predicted molar refractivity (Wildman–Crippen MR) is 69.6 cm³/mol. The summed E-state index contributed by atoms with van der Waals surface area (Å²) in [5.74, 6) is 2.23. The Bertz CT molecular complexity index is 281. The summed E-state index contributed by atoms with van der Waals surface area (Å²) in [6.07, 6.45) is 4.74. The molecular weight excluding hydrogens is 212 g/mol. The quantitative estimate of drug-likeness (QED) is 0.740. The van der Waals surface area contributed by atoms with E-state index >= 15 is 0 Å². The molecule has 0 aromatic rings. The van der Waals surface area contributed by atoms with E-state index in [1.807, 2.05) is 13.8 Å². The molecule has 17 heavy (non-hydrogen) atoms. The van der Waals surface area contributed by atoms with Crippen molar-refractivity contribution < 1.29 is 10.2 Å². The minimum absolute atomic E-state index is 0.392. The fourth-order valence-corrected chi connectivity index (χ4v) is 4.34. The Morgan fingerprint density at radius 2 is 1.71 bits per heavy atom. The lowest BCUT2D eigenvalue weighted by Gasteiger charge is -2.53. The van der Waals surface area contributed by atoms with Gasteiger partial charge in [0.1, 0.15) is 0 Å². The van der Waals surface area contributed by atoms with Crippen molar-refractivity contribution in [3.8, 4) is 0 Å². The molecule has 5 atom stereocenters. The molecule has 0 radical (unpaired) electrons. The molecule has 0 bridgehead atoms. The highest BCUT2D eigenvalue weighted by atomic mass is 16.3. The first kappa shape index (κ1) is 13.4. The van der Waals surface area contributed by atoms with E-state index in [1.165, 1.54) is 0 Å². The second-order valence-electron chi connectivity index (χ2n) is 7.31. The van der Waals surface area contributed by atoms with E-state index in [1.54, 1.807) is 0 Å². The third-order valence-electron chi connectivity index (χ3n) is 5.38. The Morgan fingerprint density at radius 1 is 1.06 bits per heavy atom. The van der Waals surface area contributed by atoms with Crippen molar-refractivity contribution in [2.75, 3.05) is 0 Å². The predicted octanol–water partition coefficient (Wildman–Crippen LogP) is 2.97. The van der Waals surface area contributed by atoms with Gasteiger partial charge in [-0.2, -0.15) is 0 Å². The van der Waals surface area contributed by atoms with Crippen molar-refractivity contribution >= 4 is 0 Å². The van der Waals surface area contributed by atoms with Gasteiger partial charge in [0, 0.05) is 0 Å². The van der Waals surface area contributed by atoms with Crippen LogP contribution < -0.4 is 0 Å². The van der Waals surface area contributed by atoms with Gasteiger partial charge >= 0.3 is 0 Å². The van der Waals surface area contributed by atoms with Crippen molar-refractivity contribution in [3.05, 3.63) is 0 Å². The zero-order valence-electron chi connectivity index (χ0n) is 11.7. The van der Waals surface area contributed by atoms with Crippen molar-refractivity contribution in [1.29, 1.82) is 0 Å². The normalized spacial score (nSPS) is 51.4. The molecule has 2 N–H and O–H groups in total. The Morgan fingerprint density at radius 3 is 2.29 bits per heavy atom. The maximum absolute atomic E-state index is 10.6. The zero-order chi connectivity index (χ0) is 12.8. The van der Waals surface area contributed by atoms with Crippen LogP contribution in [0.3, 0.4) is 0 Å². The van der Waals surface area contributed by atoms with E-state index < -0.39 is 11.2 Å². The molecular formula is C15H28O2. The van der Waals surface area contributed by atoms with Crippen LogP contribution in [-0.4, -0.2) is 21.4 Å². The lowest BCUT2D eigenvalue weighted by molar-refractivity contribution is -0.140. The summed E-state index contributed by atoms with van der Waals surface area (Å²) in [5.41, 5.74) is -1.02. The van der Waals surface area contributed by atoms with Crippen LogP contribution in [-0.2, 0) is 0 Å². The van der Waals surface area contributed by atoms with Gasteiger partial charge < -0.3 is 10.2 Å². The molecule has 2 nitrogen and oxygen atoms in total. The minimum Gasteiger partial charge on any atom is -0.390 e. The number of fused-ring (bicyclic) bond motifs is 1. The molecule has 0 heterocycles. The molecule has 0 aromatic heterocycles. The standard InChI is InChI=1S/C15H28O2/c1-10(2)11-5-8-15(4,17)13-6-7-14(3,16)9-12(11)13/h10-13,16-17H,5-9H2,1-4H3/t11-,12-,13+,14-,15-/m0/s1. The van der Waals surface area contributed by atoms with Crippen molar-refractivity contribution in [2.45, 2.75) is 71.0 Å². The van der Waals surface area contributed by atoms with Crippen LogP contribution in [0.25, 0.3) is 0 Å². The maximum atomic E-state index is 10.6. The Kier molecular flexibility index (Phi) is 3.33. The maximum Gasteiger partial charge on any atom is 0.0650 e. The highest BCUT2D eigenvalue weighted by Crippen LogP contribution is 2.52. The molecule has 2 saturated carbocycles. The van der Waals surface area contributed by atoms with Gasteiger partial charge in [-0.25, -0.2) is 0 Å². The number of rotatable bonds is 1. The van der Waals surface area contributed by atoms with Crippen molar-refractivity contribution in [1.82, 2.24) is 0 Å². The summed E-state index contributed by atoms with van der Waals surface area (Å²) < 4.78 is 0. The molecule has 2 fully saturated rings. The first-order chi connectivity index (χ1) is 7.73. The number of aliphatic hydroxyl groups is 2. The average Bonchev–Trinajstić information content (AvgIpc) is 2.14. The Hall–Kier alpha value is -0.0800. The molecule has 0 spiro atoms. The third-order valence-corrected chi connectivity index (χ3v) is 5.38. The van der Waals surface area contributed by atoms with Crippen LogP contribution in [0.2, 0.25) is 0 Å². The highest BCUT2D eigenvalue weighted by molar-refractivity contribution is 5.01. The molecule has 2 heteroatoms. The smallest absolute Gasteiger partial charge is 0.0650 e. The van der Waals surface area contributed by atoms with Crippen LogP contribution in [0.15, 0.2) is 0 Å². The van der Waals surface area contributed by atoms with Gasteiger partial charge in [0.15, 0.2) is 0 Å². The average molecular weight is 240 g/mol. The topological polar surface area (TPSA) is 40.5 Å². The van der Waals surface area contributed by atoms with Gasteiger partial charge in [0.25, 0.3) is 0 Å². The summed E-state index contributed by atoms with van der Waals surface area (Å²) in [7, 11) is 0. The van der Waals surface area contributed by atoms with Crippen LogP contribution in [0.1, 0.15) is 59.8 Å². The van der Waals surface area contributed by atoms with E-state index in [-0.39, 0.29) is 0 Å². The molecule has 0 aliphatic heterocycles. The van der Waals surface area contributed by atoms with Gasteiger partial charge in [-0.15, -0.1) is 0 Å². The van der Waals surface area contributed by atoms with Crippen LogP contribution in [0.4, 0.5) is 0 Å². The molecule has 0 saturated heterocycles. The molecule has 2 aliphatic rings. The molecule has 0 aromatic carbocycles. The second-order valence-corrected chi connectivity index (χ2v) is 7.31. The Labute approximate surface area is 105 Å². The van der Waals surface area contributed by atoms with E-state index in [4.69, 9.17) is 0 Å². The Balaban J connectivity index is 2.22. The largest absolute Gasteiger partial charge is 0.390 e. The van der Waals surface area contributed by atoms with Crippen molar-refractivity contribution in [2.24, 2.45) is 23.7 Å². The summed E-state index contributed by atoms with van der Waals surface area (Å²) >= 11 is 0. The summed E-state index contributed by atoms with van der Waals surface area (Å²) in [6.45, 7) is 8.53. The van der Waals surface area contributed by atoms with Crippen LogP contribution in [0.5, 0.6) is 0 Å². The monoisotopic (exact) mass is 240 g/mol. The van der Waals surface area contributed by atoms with Crippen LogP contribution in [0, 0.1) is 23.7 Å². The molecule has 2 aliphatic carbocycles. The molecule has 0 unspecified atom stereocenters. The summed E-state index contributed by atoms with van der Waals surface area (Å²) in [5, 5.41) is 20.9. The van der Waals surface area contributed by atoms with Gasteiger partial charge in [-0.1, -0.05) is 13.8 Å². The summed E-state index contributed by atoms with van der Waals surface area (Å²) in [4.78, 5) is 0. The number of hydrogen-bond acceptors (Lipinski definition) is 2. The zero-order valence-corrected chi connectivity index (χ0v) is 11.7. The molecule has 100 valence electrons. The number of hydrogen-bond donors (Lipinski definition) is 2. The molecule has 2 rings (SSSR count). The van der Waals surface area contributed by atoms with Gasteiger partial charge in [0.2, 0.25) is 0 Å². The summed E-state index contributed by atoms with van der Waals surface area (Å²) in [6, 6.07) is 0. The SMILES string of the molecule is CC(C)[C@@H]1CC[C@](C)(O)[C@@H]2CC[C@](C)(O)C[C@H]21. The van der Waals surface area contributed by atoms with Crippen molar-refractivity contribution in [3.63, 3.8) is 0 Å². The lowest BCUT2D eigenvalue weighted by Crippen LogP contribution is -2.53. The minimum atomic E-state index is -0.512.